The van der Waals surface area contributed by atoms with Crippen molar-refractivity contribution < 1.29 is 18.7 Å². The van der Waals surface area contributed by atoms with E-state index in [4.69, 9.17) is 0 Å². The van der Waals surface area contributed by atoms with Crippen LogP contribution in [0.4, 0.5) is 8.78 Å². The summed E-state index contributed by atoms with van der Waals surface area (Å²) in [5.41, 5.74) is 0.685. The molecule has 2 rings (SSSR count). The van der Waals surface area contributed by atoms with Gasteiger partial charge in [-0.05, 0) is 30.7 Å². The maximum Gasteiger partial charge on any atom is 0.255 e. The number of pyridine rings is 1. The lowest BCUT2D eigenvalue weighted by atomic mass is 10.1. The molecule has 0 spiro atoms. The standard InChI is InChI=1S/C15H14F2N2O2/c1-9(10-3-4-13(16)14(17)6-10)19(2)15(21)11-5-12(20)8-18-7-11/h3-9,20H,1-2H3. The number of rotatable bonds is 3. The number of carbonyl (C=O) groups is 1. The Kier molecular flexibility index (Phi) is 4.16. The largest absolute Gasteiger partial charge is 0.506 e. The van der Waals surface area contributed by atoms with Gasteiger partial charge in [-0.1, -0.05) is 6.07 Å². The van der Waals surface area contributed by atoms with Crippen LogP contribution in [0.3, 0.4) is 0 Å². The van der Waals surface area contributed by atoms with Crippen LogP contribution >= 0.6 is 0 Å². The summed E-state index contributed by atoms with van der Waals surface area (Å²) >= 11 is 0. The highest BCUT2D eigenvalue weighted by Gasteiger charge is 2.20. The van der Waals surface area contributed by atoms with Crippen LogP contribution in [0.1, 0.15) is 28.9 Å². The molecule has 1 N–H and O–H groups in total. The quantitative estimate of drug-likeness (QED) is 0.946. The van der Waals surface area contributed by atoms with E-state index in [1.165, 1.54) is 36.5 Å². The van der Waals surface area contributed by atoms with Gasteiger partial charge in [0.15, 0.2) is 11.6 Å². The Bertz CT molecular complexity index is 676. The lowest BCUT2D eigenvalue weighted by Gasteiger charge is -2.25. The minimum absolute atomic E-state index is 0.116. The average molecular weight is 292 g/mol. The van der Waals surface area contributed by atoms with Crippen LogP contribution in [0.5, 0.6) is 5.75 Å². The Balaban J connectivity index is 2.24. The molecule has 1 atom stereocenters. The molecule has 0 aliphatic rings. The molecule has 0 radical (unpaired) electrons. The number of carbonyl (C=O) groups excluding carboxylic acids is 1. The third-order valence-corrected chi connectivity index (χ3v) is 3.30. The van der Waals surface area contributed by atoms with Gasteiger partial charge in [0.05, 0.1) is 17.8 Å². The fourth-order valence-corrected chi connectivity index (χ4v) is 1.92. The van der Waals surface area contributed by atoms with E-state index in [0.717, 1.165) is 12.1 Å². The van der Waals surface area contributed by atoms with Crippen molar-refractivity contribution in [2.75, 3.05) is 7.05 Å². The van der Waals surface area contributed by atoms with Crippen LogP contribution in [0.25, 0.3) is 0 Å². The summed E-state index contributed by atoms with van der Waals surface area (Å²) in [4.78, 5) is 17.4. The maximum atomic E-state index is 13.3. The fraction of sp³-hybridized carbons (Fsp3) is 0.200. The second-order valence-corrected chi connectivity index (χ2v) is 4.70. The third-order valence-electron chi connectivity index (χ3n) is 3.30. The van der Waals surface area contributed by atoms with Crippen LogP contribution in [0.15, 0.2) is 36.7 Å². The SMILES string of the molecule is CC(c1ccc(F)c(F)c1)N(C)C(=O)c1cncc(O)c1. The molecule has 1 unspecified atom stereocenters. The number of aromatic hydroxyl groups is 1. The molecule has 1 aromatic heterocycles. The lowest BCUT2D eigenvalue weighted by molar-refractivity contribution is 0.0741. The Morgan fingerprint density at radius 2 is 1.95 bits per heavy atom. The number of hydrogen-bond acceptors (Lipinski definition) is 3. The van der Waals surface area contributed by atoms with Crippen molar-refractivity contribution in [2.24, 2.45) is 0 Å². The first-order valence-corrected chi connectivity index (χ1v) is 6.26. The molecule has 1 heterocycles. The number of halogens is 2. The summed E-state index contributed by atoms with van der Waals surface area (Å²) in [5, 5.41) is 9.34. The minimum Gasteiger partial charge on any atom is -0.506 e. The predicted molar refractivity (Wildman–Crippen MR) is 72.8 cm³/mol. The van der Waals surface area contributed by atoms with E-state index in [2.05, 4.69) is 4.98 Å². The summed E-state index contributed by atoms with van der Waals surface area (Å²) < 4.78 is 26.2. The zero-order chi connectivity index (χ0) is 15.6. The van der Waals surface area contributed by atoms with Gasteiger partial charge in [0.2, 0.25) is 0 Å². The van der Waals surface area contributed by atoms with Crippen molar-refractivity contribution in [1.82, 2.24) is 9.88 Å². The monoisotopic (exact) mass is 292 g/mol. The molecule has 0 aliphatic carbocycles. The van der Waals surface area contributed by atoms with E-state index < -0.39 is 17.7 Å². The van der Waals surface area contributed by atoms with E-state index >= 15 is 0 Å². The molecular weight excluding hydrogens is 278 g/mol. The molecule has 0 saturated heterocycles. The summed E-state index contributed by atoms with van der Waals surface area (Å²) in [6, 6.07) is 4.34. The topological polar surface area (TPSA) is 53.4 Å². The summed E-state index contributed by atoms with van der Waals surface area (Å²) in [5.74, 6) is -2.39. The molecule has 110 valence electrons. The summed E-state index contributed by atoms with van der Waals surface area (Å²) in [7, 11) is 1.54. The van der Waals surface area contributed by atoms with E-state index in [1.807, 2.05) is 0 Å². The highest BCUT2D eigenvalue weighted by Crippen LogP contribution is 2.23. The maximum absolute atomic E-state index is 13.3. The van der Waals surface area contributed by atoms with Crippen LogP contribution in [0, 0.1) is 11.6 Å². The summed E-state index contributed by atoms with van der Waals surface area (Å²) in [6.45, 7) is 1.70. The highest BCUT2D eigenvalue weighted by atomic mass is 19.2. The fourth-order valence-electron chi connectivity index (χ4n) is 1.92. The zero-order valence-electron chi connectivity index (χ0n) is 11.5. The Labute approximate surface area is 120 Å². The Morgan fingerprint density at radius 1 is 1.24 bits per heavy atom. The van der Waals surface area contributed by atoms with Crippen molar-refractivity contribution in [1.29, 1.82) is 0 Å². The van der Waals surface area contributed by atoms with Crippen molar-refractivity contribution in [2.45, 2.75) is 13.0 Å². The normalized spacial score (nSPS) is 12.0. The number of nitrogens with zero attached hydrogens (tertiary/aromatic N) is 2. The first-order chi connectivity index (χ1) is 9.90. The van der Waals surface area contributed by atoms with Gasteiger partial charge >= 0.3 is 0 Å². The smallest absolute Gasteiger partial charge is 0.255 e. The van der Waals surface area contributed by atoms with Gasteiger partial charge in [-0.2, -0.15) is 0 Å². The molecule has 4 nitrogen and oxygen atoms in total. The highest BCUT2D eigenvalue weighted by molar-refractivity contribution is 5.94. The second-order valence-electron chi connectivity index (χ2n) is 4.70. The molecule has 6 heteroatoms. The molecule has 1 aromatic carbocycles. The Hall–Kier alpha value is -2.50. The van der Waals surface area contributed by atoms with Crippen molar-refractivity contribution in [3.63, 3.8) is 0 Å². The first kappa shape index (κ1) is 14.9. The van der Waals surface area contributed by atoms with E-state index in [9.17, 15) is 18.7 Å². The van der Waals surface area contributed by atoms with Crippen LogP contribution < -0.4 is 0 Å². The van der Waals surface area contributed by atoms with E-state index in [-0.39, 0.29) is 17.2 Å². The molecule has 21 heavy (non-hydrogen) atoms. The van der Waals surface area contributed by atoms with E-state index in [1.54, 1.807) is 6.92 Å². The number of amides is 1. The van der Waals surface area contributed by atoms with Crippen molar-refractivity contribution in [3.05, 3.63) is 59.4 Å². The zero-order valence-corrected chi connectivity index (χ0v) is 11.5. The first-order valence-electron chi connectivity index (χ1n) is 6.26. The van der Waals surface area contributed by atoms with Crippen LogP contribution in [-0.4, -0.2) is 27.9 Å². The van der Waals surface area contributed by atoms with E-state index in [0.29, 0.717) is 5.56 Å². The van der Waals surface area contributed by atoms with Gasteiger partial charge in [-0.3, -0.25) is 9.78 Å². The van der Waals surface area contributed by atoms with Crippen molar-refractivity contribution >= 4 is 5.91 Å². The molecule has 0 bridgehead atoms. The minimum atomic E-state index is -0.959. The second kappa shape index (κ2) is 5.87. The third kappa shape index (κ3) is 3.16. The van der Waals surface area contributed by atoms with Gasteiger partial charge in [0.1, 0.15) is 5.75 Å². The average Bonchev–Trinajstić information content (AvgIpc) is 2.47. The predicted octanol–water partition coefficient (Wildman–Crippen LogP) is 2.90. The van der Waals surface area contributed by atoms with Gasteiger partial charge in [-0.15, -0.1) is 0 Å². The number of hydrogen-bond donors (Lipinski definition) is 1. The number of aromatic nitrogens is 1. The summed E-state index contributed by atoms with van der Waals surface area (Å²) in [6.07, 6.45) is 2.55. The van der Waals surface area contributed by atoms with Crippen molar-refractivity contribution in [3.8, 4) is 5.75 Å². The lowest BCUT2D eigenvalue weighted by Crippen LogP contribution is -2.29. The molecular formula is C15H14F2N2O2. The van der Waals surface area contributed by atoms with Gasteiger partial charge in [-0.25, -0.2) is 8.78 Å². The molecule has 2 aromatic rings. The van der Waals surface area contributed by atoms with Gasteiger partial charge in [0, 0.05) is 13.2 Å². The molecule has 1 amide bonds. The molecule has 0 saturated carbocycles. The number of benzene rings is 1. The van der Waals surface area contributed by atoms with Crippen LogP contribution in [0.2, 0.25) is 0 Å². The Morgan fingerprint density at radius 3 is 2.57 bits per heavy atom. The van der Waals surface area contributed by atoms with Gasteiger partial charge < -0.3 is 10.0 Å². The van der Waals surface area contributed by atoms with Crippen LogP contribution in [-0.2, 0) is 0 Å². The molecule has 0 aliphatic heterocycles. The van der Waals surface area contributed by atoms with Gasteiger partial charge in [0.25, 0.3) is 5.91 Å². The molecule has 0 fully saturated rings.